The highest BCUT2D eigenvalue weighted by atomic mass is 16.5. The highest BCUT2D eigenvalue weighted by Crippen LogP contribution is 2.32. The number of amides is 1. The number of carbonyl (C=O) groups excluding carboxylic acids is 1. The van der Waals surface area contributed by atoms with Crippen LogP contribution in [0.5, 0.6) is 0 Å². The third kappa shape index (κ3) is 2.54. The fourth-order valence-electron chi connectivity index (χ4n) is 2.50. The van der Waals surface area contributed by atoms with Gasteiger partial charge in [0.1, 0.15) is 0 Å². The number of ether oxygens (including phenoxy) is 1. The van der Waals surface area contributed by atoms with Gasteiger partial charge in [-0.25, -0.2) is 4.79 Å². The molecule has 5 heteroatoms. The van der Waals surface area contributed by atoms with E-state index in [1.54, 1.807) is 24.3 Å². The molecular formula is C15H19NO4. The zero-order chi connectivity index (χ0) is 14.6. The van der Waals surface area contributed by atoms with Crippen LogP contribution in [-0.2, 0) is 9.53 Å². The van der Waals surface area contributed by atoms with Crippen molar-refractivity contribution in [2.75, 3.05) is 13.2 Å². The summed E-state index contributed by atoms with van der Waals surface area (Å²) >= 11 is 0. The molecule has 1 amide bonds. The van der Waals surface area contributed by atoms with Gasteiger partial charge in [0.15, 0.2) is 0 Å². The van der Waals surface area contributed by atoms with Crippen LogP contribution >= 0.6 is 0 Å². The predicted molar refractivity (Wildman–Crippen MR) is 73.3 cm³/mol. The monoisotopic (exact) mass is 277 g/mol. The average molecular weight is 277 g/mol. The first-order valence-corrected chi connectivity index (χ1v) is 6.86. The van der Waals surface area contributed by atoms with Crippen LogP contribution in [-0.4, -0.2) is 40.8 Å². The lowest BCUT2D eigenvalue weighted by atomic mass is 10.1. The lowest BCUT2D eigenvalue weighted by Gasteiger charge is -2.34. The predicted octanol–water partition coefficient (Wildman–Crippen LogP) is 2.13. The molecule has 1 aromatic rings. The Morgan fingerprint density at radius 2 is 2.05 bits per heavy atom. The minimum absolute atomic E-state index is 0.290. The third-order valence-corrected chi connectivity index (χ3v) is 3.48. The molecule has 0 aromatic heterocycles. The van der Waals surface area contributed by atoms with Gasteiger partial charge in [0.25, 0.3) is 5.91 Å². The maximum atomic E-state index is 12.5. The van der Waals surface area contributed by atoms with E-state index < -0.39 is 11.7 Å². The van der Waals surface area contributed by atoms with Crippen LogP contribution in [0.25, 0.3) is 0 Å². The van der Waals surface area contributed by atoms with E-state index >= 15 is 0 Å². The fourth-order valence-corrected chi connectivity index (χ4v) is 2.50. The fraction of sp³-hybridized carbons (Fsp3) is 0.467. The van der Waals surface area contributed by atoms with Crippen LogP contribution in [0.15, 0.2) is 30.3 Å². The van der Waals surface area contributed by atoms with Gasteiger partial charge in [-0.3, -0.25) is 4.79 Å². The first-order chi connectivity index (χ1) is 9.62. The van der Waals surface area contributed by atoms with Gasteiger partial charge < -0.3 is 14.7 Å². The van der Waals surface area contributed by atoms with Gasteiger partial charge in [-0.05, 0) is 25.0 Å². The van der Waals surface area contributed by atoms with Crippen molar-refractivity contribution >= 4 is 11.9 Å². The van der Waals surface area contributed by atoms with Crippen LogP contribution in [0, 0.1) is 0 Å². The molecule has 1 atom stereocenters. The average Bonchev–Trinajstić information content (AvgIpc) is 2.90. The van der Waals surface area contributed by atoms with Crippen LogP contribution in [0.1, 0.15) is 36.5 Å². The molecule has 0 spiro atoms. The Morgan fingerprint density at radius 3 is 2.65 bits per heavy atom. The lowest BCUT2D eigenvalue weighted by molar-refractivity contribution is -0.184. The highest BCUT2D eigenvalue weighted by molar-refractivity contribution is 5.97. The van der Waals surface area contributed by atoms with E-state index in [1.165, 1.54) is 4.90 Å². The quantitative estimate of drug-likeness (QED) is 0.895. The molecule has 0 unspecified atom stereocenters. The summed E-state index contributed by atoms with van der Waals surface area (Å²) in [5, 5.41) is 9.54. The summed E-state index contributed by atoms with van der Waals surface area (Å²) < 4.78 is 5.56. The molecule has 0 aliphatic carbocycles. The number of carboxylic acids is 1. The summed E-state index contributed by atoms with van der Waals surface area (Å²) in [7, 11) is 0. The molecule has 1 saturated heterocycles. The van der Waals surface area contributed by atoms with E-state index in [0.717, 1.165) is 0 Å². The Bertz CT molecular complexity index is 488. The second-order valence-electron chi connectivity index (χ2n) is 4.86. The van der Waals surface area contributed by atoms with Crippen molar-refractivity contribution in [1.82, 2.24) is 4.90 Å². The summed E-state index contributed by atoms with van der Waals surface area (Å²) in [5.74, 6) is -1.38. The topological polar surface area (TPSA) is 66.8 Å². The van der Waals surface area contributed by atoms with E-state index in [9.17, 15) is 14.7 Å². The van der Waals surface area contributed by atoms with Crippen LogP contribution in [0.2, 0.25) is 0 Å². The molecule has 20 heavy (non-hydrogen) atoms. The van der Waals surface area contributed by atoms with Crippen molar-refractivity contribution in [3.8, 4) is 0 Å². The van der Waals surface area contributed by atoms with Crippen molar-refractivity contribution in [1.29, 1.82) is 0 Å². The number of aliphatic carboxylic acids is 1. The van der Waals surface area contributed by atoms with Gasteiger partial charge in [-0.15, -0.1) is 0 Å². The molecule has 0 bridgehead atoms. The number of hydrogen-bond acceptors (Lipinski definition) is 3. The summed E-state index contributed by atoms with van der Waals surface area (Å²) in [6.45, 7) is 2.64. The van der Waals surface area contributed by atoms with Crippen LogP contribution < -0.4 is 0 Å². The molecule has 0 saturated carbocycles. The Hall–Kier alpha value is -1.88. The first-order valence-electron chi connectivity index (χ1n) is 6.86. The summed E-state index contributed by atoms with van der Waals surface area (Å²) in [4.78, 5) is 25.5. The molecule has 1 aliphatic heterocycles. The number of carbonyl (C=O) groups is 2. The molecule has 2 rings (SSSR count). The normalized spacial score (nSPS) is 21.9. The second-order valence-corrected chi connectivity index (χ2v) is 4.86. The number of carboxylic acid groups (broad SMARTS) is 1. The van der Waals surface area contributed by atoms with Crippen LogP contribution in [0.4, 0.5) is 0 Å². The van der Waals surface area contributed by atoms with Crippen molar-refractivity contribution in [2.45, 2.75) is 31.9 Å². The minimum atomic E-state index is -1.51. The van der Waals surface area contributed by atoms with E-state index in [1.807, 2.05) is 13.0 Å². The molecule has 1 aromatic carbocycles. The first kappa shape index (κ1) is 14.5. The Morgan fingerprint density at radius 1 is 1.35 bits per heavy atom. The molecule has 1 heterocycles. The smallest absolute Gasteiger partial charge is 0.357 e. The van der Waals surface area contributed by atoms with Gasteiger partial charge >= 0.3 is 5.97 Å². The lowest BCUT2D eigenvalue weighted by Crippen LogP contribution is -2.55. The van der Waals surface area contributed by atoms with Crippen molar-refractivity contribution in [2.24, 2.45) is 0 Å². The maximum Gasteiger partial charge on any atom is 0.357 e. The molecule has 108 valence electrons. The standard InChI is InChI=1S/C15H19NO4/c1-2-11-20-15(14(18)19)9-6-10-16(15)13(17)12-7-4-3-5-8-12/h3-5,7-8H,2,6,9-11H2,1H3,(H,18,19)/t15-/m1/s1. The van der Waals surface area contributed by atoms with E-state index in [-0.39, 0.29) is 5.91 Å². The summed E-state index contributed by atoms with van der Waals surface area (Å²) in [6, 6.07) is 8.72. The highest BCUT2D eigenvalue weighted by Gasteiger charge is 2.51. The number of hydrogen-bond donors (Lipinski definition) is 1. The third-order valence-electron chi connectivity index (χ3n) is 3.48. The minimum Gasteiger partial charge on any atom is -0.478 e. The molecular weight excluding hydrogens is 258 g/mol. The second kappa shape index (κ2) is 6.05. The number of likely N-dealkylation sites (tertiary alicyclic amines) is 1. The zero-order valence-corrected chi connectivity index (χ0v) is 11.5. The number of nitrogens with zero attached hydrogens (tertiary/aromatic N) is 1. The van der Waals surface area contributed by atoms with Gasteiger partial charge in [0.05, 0.1) is 0 Å². The Balaban J connectivity index is 2.28. The Kier molecular flexibility index (Phi) is 4.39. The molecule has 5 nitrogen and oxygen atoms in total. The molecule has 0 radical (unpaired) electrons. The molecule has 1 aliphatic rings. The van der Waals surface area contributed by atoms with Gasteiger partial charge in [0.2, 0.25) is 5.72 Å². The zero-order valence-electron chi connectivity index (χ0n) is 11.5. The number of rotatable bonds is 5. The van der Waals surface area contributed by atoms with E-state index in [0.29, 0.717) is 38.0 Å². The van der Waals surface area contributed by atoms with Gasteiger partial charge in [-0.1, -0.05) is 25.1 Å². The van der Waals surface area contributed by atoms with E-state index in [4.69, 9.17) is 4.74 Å². The number of benzene rings is 1. The summed E-state index contributed by atoms with van der Waals surface area (Å²) in [6.07, 6.45) is 1.68. The summed E-state index contributed by atoms with van der Waals surface area (Å²) in [5.41, 5.74) is -1.02. The molecule has 1 fully saturated rings. The SMILES string of the molecule is CCCO[C@@]1(C(=O)O)CCCN1C(=O)c1ccccc1. The van der Waals surface area contributed by atoms with Crippen molar-refractivity contribution in [3.63, 3.8) is 0 Å². The van der Waals surface area contributed by atoms with Crippen LogP contribution in [0.3, 0.4) is 0 Å². The van der Waals surface area contributed by atoms with E-state index in [2.05, 4.69) is 0 Å². The maximum absolute atomic E-state index is 12.5. The largest absolute Gasteiger partial charge is 0.478 e. The Labute approximate surface area is 118 Å². The van der Waals surface area contributed by atoms with Gasteiger partial charge in [0, 0.05) is 25.1 Å². The molecule has 1 N–H and O–H groups in total. The van der Waals surface area contributed by atoms with Gasteiger partial charge in [-0.2, -0.15) is 0 Å². The van der Waals surface area contributed by atoms with Crippen molar-refractivity contribution < 1.29 is 19.4 Å². The van der Waals surface area contributed by atoms with Crippen molar-refractivity contribution in [3.05, 3.63) is 35.9 Å².